The van der Waals surface area contributed by atoms with E-state index in [9.17, 15) is 23.2 Å². The van der Waals surface area contributed by atoms with Gasteiger partial charge in [0.05, 0.1) is 35.9 Å². The molecule has 0 saturated heterocycles. The Bertz CT molecular complexity index is 1170. The zero-order valence-electron chi connectivity index (χ0n) is 17.2. The average Bonchev–Trinajstić information content (AvgIpc) is 2.78. The van der Waals surface area contributed by atoms with Gasteiger partial charge < -0.3 is 10.5 Å². The Kier molecular flexibility index (Phi) is 5.43. The molecule has 5 nitrogen and oxygen atoms in total. The number of hydrogen-bond acceptors (Lipinski definition) is 5. The third-order valence-corrected chi connectivity index (χ3v) is 5.81. The van der Waals surface area contributed by atoms with Crippen LogP contribution in [0.1, 0.15) is 36.3 Å². The van der Waals surface area contributed by atoms with Crippen LogP contribution in [-0.2, 0) is 11.0 Å². The van der Waals surface area contributed by atoms with Gasteiger partial charge in [-0.2, -0.15) is 18.4 Å². The minimum Gasteiger partial charge on any atom is -0.497 e. The number of allylic oxidation sites excluding steroid dienone is 3. The van der Waals surface area contributed by atoms with E-state index in [0.717, 1.165) is 6.07 Å². The molecule has 0 saturated carbocycles. The monoisotopic (exact) mass is 439 g/mol. The largest absolute Gasteiger partial charge is 0.497 e. The number of nitriles is 1. The van der Waals surface area contributed by atoms with Crippen molar-refractivity contribution in [1.82, 2.24) is 0 Å². The highest BCUT2D eigenvalue weighted by Gasteiger charge is 2.43. The Balaban J connectivity index is 1.97. The van der Waals surface area contributed by atoms with E-state index < -0.39 is 17.7 Å². The van der Waals surface area contributed by atoms with Crippen molar-refractivity contribution >= 4 is 11.5 Å². The second-order valence-corrected chi connectivity index (χ2v) is 7.60. The number of anilines is 1. The summed E-state index contributed by atoms with van der Waals surface area (Å²) in [6.45, 7) is 0. The second-order valence-electron chi connectivity index (χ2n) is 7.60. The number of benzene rings is 2. The fraction of sp³-hybridized carbons (Fsp3) is 0.250. The third kappa shape index (κ3) is 3.50. The third-order valence-electron chi connectivity index (χ3n) is 5.81. The average molecular weight is 439 g/mol. The van der Waals surface area contributed by atoms with E-state index >= 15 is 0 Å². The summed E-state index contributed by atoms with van der Waals surface area (Å²) in [6, 6.07) is 14.0. The maximum Gasteiger partial charge on any atom is 0.418 e. The number of alkyl halides is 3. The van der Waals surface area contributed by atoms with Crippen LogP contribution in [0.5, 0.6) is 5.75 Å². The van der Waals surface area contributed by atoms with E-state index in [1.807, 2.05) is 0 Å². The number of methoxy groups -OCH3 is 1. The summed E-state index contributed by atoms with van der Waals surface area (Å²) in [6.07, 6.45) is -3.50. The predicted octanol–water partition coefficient (Wildman–Crippen LogP) is 5.02. The lowest BCUT2D eigenvalue weighted by atomic mass is 9.75. The number of halogens is 3. The van der Waals surface area contributed by atoms with Crippen LogP contribution >= 0.6 is 0 Å². The number of Topliss-reactive ketones (excluding diaryl/α,β-unsaturated/α-hetero) is 1. The van der Waals surface area contributed by atoms with Crippen LogP contribution in [0.15, 0.2) is 71.2 Å². The van der Waals surface area contributed by atoms with E-state index in [0.29, 0.717) is 35.4 Å². The lowest BCUT2D eigenvalue weighted by Crippen LogP contribution is -2.39. The van der Waals surface area contributed by atoms with Gasteiger partial charge in [-0.15, -0.1) is 0 Å². The van der Waals surface area contributed by atoms with Crippen molar-refractivity contribution < 1.29 is 22.7 Å². The second kappa shape index (κ2) is 8.08. The first-order valence-corrected chi connectivity index (χ1v) is 10.0. The molecule has 164 valence electrons. The van der Waals surface area contributed by atoms with Gasteiger partial charge in [-0.25, -0.2) is 0 Å². The van der Waals surface area contributed by atoms with Gasteiger partial charge in [0.25, 0.3) is 0 Å². The van der Waals surface area contributed by atoms with Gasteiger partial charge in [-0.05, 0) is 42.7 Å². The molecule has 0 amide bonds. The lowest BCUT2D eigenvalue weighted by Gasteiger charge is -2.40. The summed E-state index contributed by atoms with van der Waals surface area (Å²) in [5.74, 6) is -0.437. The molecule has 2 N–H and O–H groups in total. The number of nitrogens with two attached hydrogens (primary N) is 1. The Morgan fingerprint density at radius 3 is 2.44 bits per heavy atom. The van der Waals surface area contributed by atoms with Gasteiger partial charge in [-0.1, -0.05) is 24.3 Å². The van der Waals surface area contributed by atoms with Gasteiger partial charge in [0.2, 0.25) is 0 Å². The topological polar surface area (TPSA) is 79.3 Å². The predicted molar refractivity (Wildman–Crippen MR) is 112 cm³/mol. The quantitative estimate of drug-likeness (QED) is 0.727. The normalized spacial score (nSPS) is 19.0. The molecule has 1 heterocycles. The van der Waals surface area contributed by atoms with Gasteiger partial charge in [0.1, 0.15) is 11.6 Å². The highest BCUT2D eigenvalue weighted by molar-refractivity contribution is 6.01. The standard InChI is InChI=1S/C24H20F3N3O2/c1-32-15-11-9-14(10-12-15)21-16(13-28)23(29)30(19-7-4-8-20(31)22(19)21)18-6-3-2-5-17(18)24(25,26)27/h2-3,5-6,9-12,21H,4,7-8,29H2,1H3/t21-/m1/s1. The molecule has 1 aliphatic heterocycles. The first-order chi connectivity index (χ1) is 15.3. The van der Waals surface area contributed by atoms with Crippen LogP contribution in [-0.4, -0.2) is 12.9 Å². The molecule has 0 aromatic heterocycles. The van der Waals surface area contributed by atoms with Crippen molar-refractivity contribution in [2.75, 3.05) is 12.0 Å². The van der Waals surface area contributed by atoms with E-state index in [2.05, 4.69) is 6.07 Å². The Morgan fingerprint density at radius 1 is 1.12 bits per heavy atom. The molecular weight excluding hydrogens is 419 g/mol. The van der Waals surface area contributed by atoms with Crippen molar-refractivity contribution in [1.29, 1.82) is 5.26 Å². The molecule has 0 radical (unpaired) electrons. The van der Waals surface area contributed by atoms with E-state index in [1.165, 1.54) is 30.2 Å². The zero-order chi connectivity index (χ0) is 23.0. The fourth-order valence-corrected chi connectivity index (χ4v) is 4.40. The van der Waals surface area contributed by atoms with Crippen LogP contribution in [0.25, 0.3) is 0 Å². The molecule has 2 aliphatic rings. The number of carbonyl (C=O) groups excluding carboxylic acids is 1. The van der Waals surface area contributed by atoms with Crippen molar-refractivity contribution in [3.8, 4) is 11.8 Å². The van der Waals surface area contributed by atoms with Crippen molar-refractivity contribution in [2.24, 2.45) is 5.73 Å². The summed E-state index contributed by atoms with van der Waals surface area (Å²) in [5, 5.41) is 9.97. The molecule has 0 unspecified atom stereocenters. The van der Waals surface area contributed by atoms with Gasteiger partial charge in [0, 0.05) is 17.7 Å². The molecule has 0 bridgehead atoms. The van der Waals surface area contributed by atoms with E-state index in [1.54, 1.807) is 24.3 Å². The molecule has 32 heavy (non-hydrogen) atoms. The summed E-state index contributed by atoms with van der Waals surface area (Å²) in [7, 11) is 1.52. The summed E-state index contributed by atoms with van der Waals surface area (Å²) < 4.78 is 46.5. The molecule has 1 atom stereocenters. The van der Waals surface area contributed by atoms with E-state index in [4.69, 9.17) is 10.5 Å². The van der Waals surface area contributed by atoms with Gasteiger partial charge in [-0.3, -0.25) is 9.69 Å². The van der Waals surface area contributed by atoms with Crippen molar-refractivity contribution in [2.45, 2.75) is 31.4 Å². The first kappa shape index (κ1) is 21.5. The summed E-state index contributed by atoms with van der Waals surface area (Å²) >= 11 is 0. The molecule has 2 aromatic carbocycles. The summed E-state index contributed by atoms with van der Waals surface area (Å²) in [4.78, 5) is 14.3. The Hall–Kier alpha value is -3.73. The van der Waals surface area contributed by atoms with Gasteiger partial charge >= 0.3 is 6.18 Å². The zero-order valence-corrected chi connectivity index (χ0v) is 17.2. The molecule has 8 heteroatoms. The molecule has 0 fully saturated rings. The van der Waals surface area contributed by atoms with Gasteiger partial charge in [0.15, 0.2) is 5.78 Å². The van der Waals surface area contributed by atoms with Crippen LogP contribution < -0.4 is 15.4 Å². The maximum atomic E-state index is 13.8. The van der Waals surface area contributed by atoms with Crippen molar-refractivity contribution in [3.05, 3.63) is 82.3 Å². The van der Waals surface area contributed by atoms with Crippen LogP contribution in [0.4, 0.5) is 18.9 Å². The molecule has 4 rings (SSSR count). The molecule has 2 aromatic rings. The number of carbonyl (C=O) groups is 1. The maximum absolute atomic E-state index is 13.8. The number of nitrogens with zero attached hydrogens (tertiary/aromatic N) is 2. The molecule has 0 spiro atoms. The highest BCUT2D eigenvalue weighted by atomic mass is 19.4. The van der Waals surface area contributed by atoms with Crippen LogP contribution in [0, 0.1) is 11.3 Å². The van der Waals surface area contributed by atoms with Crippen molar-refractivity contribution in [3.63, 3.8) is 0 Å². The highest BCUT2D eigenvalue weighted by Crippen LogP contribution is 2.48. The number of hydrogen-bond donors (Lipinski definition) is 1. The summed E-state index contributed by atoms with van der Waals surface area (Å²) in [5.41, 5.74) is 6.71. The Morgan fingerprint density at radius 2 is 1.81 bits per heavy atom. The smallest absolute Gasteiger partial charge is 0.418 e. The van der Waals surface area contributed by atoms with Crippen LogP contribution in [0.3, 0.4) is 0 Å². The first-order valence-electron chi connectivity index (χ1n) is 10.0. The molecule has 1 aliphatic carbocycles. The number of para-hydroxylation sites is 1. The Labute approximate surface area is 183 Å². The number of ketones is 1. The van der Waals surface area contributed by atoms with Crippen LogP contribution in [0.2, 0.25) is 0 Å². The number of rotatable bonds is 3. The van der Waals surface area contributed by atoms with E-state index in [-0.39, 0.29) is 29.3 Å². The molecular formula is C24H20F3N3O2. The number of ether oxygens (including phenoxy) is 1. The minimum absolute atomic E-state index is 0.0427. The minimum atomic E-state index is -4.63. The SMILES string of the molecule is COc1ccc([C@@H]2C(C#N)=C(N)N(c3ccccc3C(F)(F)F)C3=C2C(=O)CCC3)cc1. The lowest BCUT2D eigenvalue weighted by molar-refractivity contribution is -0.137. The fourth-order valence-electron chi connectivity index (χ4n) is 4.40.